The van der Waals surface area contributed by atoms with Crippen molar-refractivity contribution in [3.05, 3.63) is 46.2 Å². The fourth-order valence-corrected chi connectivity index (χ4v) is 5.39. The number of benzene rings is 1. The van der Waals surface area contributed by atoms with Crippen LogP contribution in [0.25, 0.3) is 0 Å². The molecule has 0 N–H and O–H groups in total. The lowest BCUT2D eigenvalue weighted by atomic mass is 10.0. The molecule has 1 saturated heterocycles. The van der Waals surface area contributed by atoms with E-state index in [-0.39, 0.29) is 10.9 Å². The minimum atomic E-state index is -3.52. The number of aryl methyl sites for hydroxylation is 1. The van der Waals surface area contributed by atoms with E-state index in [1.807, 2.05) is 6.92 Å². The molecule has 0 spiro atoms. The predicted molar refractivity (Wildman–Crippen MR) is 114 cm³/mol. The molecule has 28 heavy (non-hydrogen) atoms. The van der Waals surface area contributed by atoms with Crippen molar-refractivity contribution in [3.8, 4) is 0 Å². The fourth-order valence-electron chi connectivity index (χ4n) is 3.64. The molecule has 0 saturated carbocycles. The van der Waals surface area contributed by atoms with Gasteiger partial charge in [-0.15, -0.1) is 0 Å². The number of piperidine rings is 1. The quantitative estimate of drug-likeness (QED) is 0.670. The molecular formula is C21H30ClN3O2S. The first kappa shape index (κ1) is 21.3. The normalized spacial score (nSPS) is 17.0. The molecule has 1 aliphatic rings. The van der Waals surface area contributed by atoms with E-state index < -0.39 is 10.0 Å². The molecule has 1 aliphatic heterocycles. The smallest absolute Gasteiger partial charge is 0.243 e. The van der Waals surface area contributed by atoms with E-state index >= 15 is 0 Å². The van der Waals surface area contributed by atoms with Gasteiger partial charge in [-0.2, -0.15) is 9.40 Å². The zero-order valence-corrected chi connectivity index (χ0v) is 18.9. The molecule has 0 atom stereocenters. The van der Waals surface area contributed by atoms with Crippen molar-refractivity contribution in [2.75, 3.05) is 13.1 Å². The van der Waals surface area contributed by atoms with Crippen LogP contribution in [0.1, 0.15) is 75.4 Å². The molecule has 3 rings (SSSR count). The molecule has 0 bridgehead atoms. The summed E-state index contributed by atoms with van der Waals surface area (Å²) in [6, 6.07) is 7.39. The van der Waals surface area contributed by atoms with Crippen LogP contribution < -0.4 is 0 Å². The number of rotatable bonds is 5. The van der Waals surface area contributed by atoms with Gasteiger partial charge in [0.1, 0.15) is 0 Å². The summed E-state index contributed by atoms with van der Waals surface area (Å²) < 4.78 is 29.7. The molecule has 0 unspecified atom stereocenters. The van der Waals surface area contributed by atoms with Gasteiger partial charge in [0.05, 0.1) is 16.6 Å². The van der Waals surface area contributed by atoms with E-state index in [4.69, 9.17) is 16.7 Å². The first-order chi connectivity index (χ1) is 13.1. The van der Waals surface area contributed by atoms with Gasteiger partial charge >= 0.3 is 0 Å². The van der Waals surface area contributed by atoms with Crippen molar-refractivity contribution in [2.24, 2.45) is 0 Å². The molecule has 2 heterocycles. The number of nitrogens with zero attached hydrogens (tertiary/aromatic N) is 3. The third-order valence-electron chi connectivity index (χ3n) is 5.52. The maximum Gasteiger partial charge on any atom is 0.243 e. The lowest BCUT2D eigenvalue weighted by molar-refractivity contribution is 0.255. The number of halogens is 1. The summed E-state index contributed by atoms with van der Waals surface area (Å²) in [4.78, 5) is 0.269. The van der Waals surface area contributed by atoms with E-state index in [9.17, 15) is 8.42 Å². The van der Waals surface area contributed by atoms with Crippen LogP contribution in [0.2, 0.25) is 5.02 Å². The van der Waals surface area contributed by atoms with Crippen molar-refractivity contribution in [2.45, 2.75) is 70.2 Å². The van der Waals surface area contributed by atoms with Crippen LogP contribution in [0, 0.1) is 6.92 Å². The van der Waals surface area contributed by atoms with Gasteiger partial charge in [0.15, 0.2) is 0 Å². The molecule has 5 nitrogen and oxygen atoms in total. The Morgan fingerprint density at radius 1 is 1.07 bits per heavy atom. The van der Waals surface area contributed by atoms with E-state index in [0.29, 0.717) is 29.9 Å². The summed E-state index contributed by atoms with van der Waals surface area (Å²) in [7, 11) is -3.52. The molecule has 2 aromatic rings. The molecular weight excluding hydrogens is 394 g/mol. The molecule has 1 fully saturated rings. The summed E-state index contributed by atoms with van der Waals surface area (Å²) in [5.74, 6) is 0.766. The predicted octanol–water partition coefficient (Wildman–Crippen LogP) is 5.12. The molecule has 1 aromatic carbocycles. The van der Waals surface area contributed by atoms with Crippen molar-refractivity contribution < 1.29 is 8.42 Å². The molecule has 154 valence electrons. The van der Waals surface area contributed by atoms with E-state index in [0.717, 1.165) is 24.1 Å². The third-order valence-corrected chi connectivity index (χ3v) is 7.82. The van der Waals surface area contributed by atoms with Crippen LogP contribution >= 0.6 is 11.6 Å². The first-order valence-corrected chi connectivity index (χ1v) is 11.8. The highest BCUT2D eigenvalue weighted by Gasteiger charge is 2.31. The Morgan fingerprint density at radius 3 is 2.25 bits per heavy atom. The number of sulfonamides is 1. The highest BCUT2D eigenvalue weighted by molar-refractivity contribution is 7.89. The van der Waals surface area contributed by atoms with Crippen molar-refractivity contribution in [3.63, 3.8) is 0 Å². The lowest BCUT2D eigenvalue weighted by Crippen LogP contribution is -2.39. The minimum Gasteiger partial charge on any atom is -0.266 e. The summed E-state index contributed by atoms with van der Waals surface area (Å²) in [6.07, 6.45) is 1.52. The third kappa shape index (κ3) is 4.14. The van der Waals surface area contributed by atoms with E-state index in [1.54, 1.807) is 22.5 Å². The zero-order valence-electron chi connectivity index (χ0n) is 17.3. The largest absolute Gasteiger partial charge is 0.266 e. The van der Waals surface area contributed by atoms with Gasteiger partial charge in [0.25, 0.3) is 0 Å². The van der Waals surface area contributed by atoms with Gasteiger partial charge in [-0.05, 0) is 55.4 Å². The fraction of sp³-hybridized carbons (Fsp3) is 0.571. The highest BCUT2D eigenvalue weighted by Crippen LogP contribution is 2.31. The highest BCUT2D eigenvalue weighted by atomic mass is 35.5. The molecule has 7 heteroatoms. The van der Waals surface area contributed by atoms with Crippen molar-refractivity contribution in [1.29, 1.82) is 0 Å². The van der Waals surface area contributed by atoms with Crippen LogP contribution in [0.4, 0.5) is 0 Å². The number of hydrogen-bond acceptors (Lipinski definition) is 3. The Kier molecular flexibility index (Phi) is 6.23. The standard InChI is InChI=1S/C21H30ClN3O2S/c1-14(2)20-13-21(15(3)4)25(23-20)17-8-10-24(11-9-17)28(26,27)18-7-6-16(5)19(22)12-18/h6-7,12-15,17H,8-11H2,1-5H3. The second-order valence-corrected chi connectivity index (χ2v) is 10.6. The minimum absolute atomic E-state index is 0.234. The Hall–Kier alpha value is -1.37. The average molecular weight is 424 g/mol. The van der Waals surface area contributed by atoms with Gasteiger partial charge in [-0.25, -0.2) is 8.42 Å². The first-order valence-electron chi connectivity index (χ1n) is 9.97. The Labute approximate surface area is 173 Å². The summed E-state index contributed by atoms with van der Waals surface area (Å²) in [5.41, 5.74) is 3.21. The summed E-state index contributed by atoms with van der Waals surface area (Å²) in [5, 5.41) is 5.33. The maximum absolute atomic E-state index is 13.0. The van der Waals surface area contributed by atoms with Gasteiger partial charge < -0.3 is 0 Å². The number of hydrogen-bond donors (Lipinski definition) is 0. The SMILES string of the molecule is Cc1ccc(S(=O)(=O)N2CCC(n3nc(C(C)C)cc3C(C)C)CC2)cc1Cl. The Balaban J connectivity index is 1.78. The Morgan fingerprint density at radius 2 is 1.71 bits per heavy atom. The monoisotopic (exact) mass is 423 g/mol. The van der Waals surface area contributed by atoms with Gasteiger partial charge in [0, 0.05) is 23.8 Å². The molecule has 0 aliphatic carbocycles. The van der Waals surface area contributed by atoms with Crippen LogP contribution in [0.3, 0.4) is 0 Å². The van der Waals surface area contributed by atoms with Gasteiger partial charge in [-0.1, -0.05) is 45.4 Å². The second-order valence-electron chi connectivity index (χ2n) is 8.29. The lowest BCUT2D eigenvalue weighted by Gasteiger charge is -2.32. The van der Waals surface area contributed by atoms with Gasteiger partial charge in [0.2, 0.25) is 10.0 Å². The number of aromatic nitrogens is 2. The molecule has 1 aromatic heterocycles. The Bertz CT molecular complexity index is 943. The van der Waals surface area contributed by atoms with Crippen LogP contribution in [0.5, 0.6) is 0 Å². The van der Waals surface area contributed by atoms with Gasteiger partial charge in [-0.3, -0.25) is 4.68 Å². The second kappa shape index (κ2) is 8.17. The van der Waals surface area contributed by atoms with Crippen LogP contribution in [-0.2, 0) is 10.0 Å². The van der Waals surface area contributed by atoms with E-state index in [1.165, 1.54) is 5.69 Å². The maximum atomic E-state index is 13.0. The van der Waals surface area contributed by atoms with Crippen molar-refractivity contribution in [1.82, 2.24) is 14.1 Å². The summed E-state index contributed by atoms with van der Waals surface area (Å²) >= 11 is 6.14. The van der Waals surface area contributed by atoms with Crippen molar-refractivity contribution >= 4 is 21.6 Å². The zero-order chi connectivity index (χ0) is 20.6. The van der Waals surface area contributed by atoms with Crippen LogP contribution in [-0.4, -0.2) is 35.6 Å². The molecule has 0 radical (unpaired) electrons. The topological polar surface area (TPSA) is 55.2 Å². The average Bonchev–Trinajstić information content (AvgIpc) is 3.10. The van der Waals surface area contributed by atoms with Crippen LogP contribution in [0.15, 0.2) is 29.2 Å². The molecule has 0 amide bonds. The summed E-state index contributed by atoms with van der Waals surface area (Å²) in [6.45, 7) is 11.5. The van der Waals surface area contributed by atoms with E-state index in [2.05, 4.69) is 38.4 Å².